The van der Waals surface area contributed by atoms with Crippen molar-refractivity contribution < 1.29 is 4.39 Å². The van der Waals surface area contributed by atoms with E-state index in [1.165, 1.54) is 25.3 Å². The van der Waals surface area contributed by atoms with E-state index in [4.69, 9.17) is 17.3 Å². The lowest BCUT2D eigenvalue weighted by Gasteiger charge is -2.18. The average molecular weight is 242 g/mol. The van der Waals surface area contributed by atoms with E-state index < -0.39 is 0 Å². The smallest absolute Gasteiger partial charge is 0.127 e. The van der Waals surface area contributed by atoms with Crippen LogP contribution in [0.3, 0.4) is 0 Å². The Kier molecular flexibility index (Phi) is 3.82. The summed E-state index contributed by atoms with van der Waals surface area (Å²) < 4.78 is 13.6. The van der Waals surface area contributed by atoms with Gasteiger partial charge >= 0.3 is 0 Å². The van der Waals surface area contributed by atoms with E-state index in [2.05, 4.69) is 0 Å². The highest BCUT2D eigenvalue weighted by atomic mass is 35.5. The van der Waals surface area contributed by atoms with Crippen LogP contribution in [0.5, 0.6) is 0 Å². The average Bonchev–Trinajstić information content (AvgIpc) is 2.69. The fourth-order valence-corrected chi connectivity index (χ4v) is 2.82. The predicted octanol–water partition coefficient (Wildman–Crippen LogP) is 3.40. The second-order valence-electron chi connectivity index (χ2n) is 4.63. The number of hydrogen-bond donors (Lipinski definition) is 1. The third kappa shape index (κ3) is 2.55. The summed E-state index contributed by atoms with van der Waals surface area (Å²) in [6, 6.07) is 4.94. The van der Waals surface area contributed by atoms with Gasteiger partial charge in [-0.3, -0.25) is 0 Å². The Hall–Kier alpha value is -0.600. The van der Waals surface area contributed by atoms with Crippen molar-refractivity contribution in [3.05, 3.63) is 34.6 Å². The molecule has 88 valence electrons. The molecule has 0 spiro atoms. The van der Waals surface area contributed by atoms with Crippen LogP contribution in [0.4, 0.5) is 4.39 Å². The molecule has 1 aliphatic rings. The Morgan fingerprint density at radius 1 is 1.31 bits per heavy atom. The zero-order valence-electron chi connectivity index (χ0n) is 9.26. The molecular formula is C13H17ClFN. The number of halogens is 2. The van der Waals surface area contributed by atoms with Crippen molar-refractivity contribution in [3.8, 4) is 0 Å². The Morgan fingerprint density at radius 3 is 2.75 bits per heavy atom. The SMILES string of the molecule is NCC1CCCC1Cc1ccc(Cl)cc1F. The number of benzene rings is 1. The van der Waals surface area contributed by atoms with Gasteiger partial charge in [0.2, 0.25) is 0 Å². The molecule has 0 heterocycles. The van der Waals surface area contributed by atoms with Gasteiger partial charge in [-0.05, 0) is 55.3 Å². The van der Waals surface area contributed by atoms with Crippen LogP contribution in [0.1, 0.15) is 24.8 Å². The van der Waals surface area contributed by atoms with Crippen LogP contribution in [0.15, 0.2) is 18.2 Å². The van der Waals surface area contributed by atoms with E-state index >= 15 is 0 Å². The topological polar surface area (TPSA) is 26.0 Å². The van der Waals surface area contributed by atoms with Crippen LogP contribution in [0.2, 0.25) is 5.02 Å². The molecule has 2 N–H and O–H groups in total. The lowest BCUT2D eigenvalue weighted by atomic mass is 9.89. The van der Waals surface area contributed by atoms with Crippen molar-refractivity contribution >= 4 is 11.6 Å². The largest absolute Gasteiger partial charge is 0.330 e. The number of hydrogen-bond acceptors (Lipinski definition) is 1. The maximum Gasteiger partial charge on any atom is 0.127 e. The van der Waals surface area contributed by atoms with Crippen LogP contribution in [-0.4, -0.2) is 6.54 Å². The second kappa shape index (κ2) is 5.15. The van der Waals surface area contributed by atoms with Gasteiger partial charge in [0, 0.05) is 5.02 Å². The molecule has 1 aromatic rings. The van der Waals surface area contributed by atoms with Crippen molar-refractivity contribution in [1.29, 1.82) is 0 Å². The van der Waals surface area contributed by atoms with Crippen molar-refractivity contribution in [1.82, 2.24) is 0 Å². The minimum absolute atomic E-state index is 0.185. The highest BCUT2D eigenvalue weighted by Crippen LogP contribution is 2.34. The molecule has 3 heteroatoms. The van der Waals surface area contributed by atoms with Crippen molar-refractivity contribution in [2.45, 2.75) is 25.7 Å². The van der Waals surface area contributed by atoms with Gasteiger partial charge in [0.05, 0.1) is 0 Å². The maximum atomic E-state index is 13.6. The quantitative estimate of drug-likeness (QED) is 0.863. The van der Waals surface area contributed by atoms with Gasteiger partial charge in [0.15, 0.2) is 0 Å². The minimum Gasteiger partial charge on any atom is -0.330 e. The summed E-state index contributed by atoms with van der Waals surface area (Å²) in [7, 11) is 0. The van der Waals surface area contributed by atoms with E-state index in [-0.39, 0.29) is 5.82 Å². The summed E-state index contributed by atoms with van der Waals surface area (Å²) in [5.41, 5.74) is 6.50. The molecule has 1 saturated carbocycles. The monoisotopic (exact) mass is 241 g/mol. The first-order chi connectivity index (χ1) is 7.70. The summed E-state index contributed by atoms with van der Waals surface area (Å²) in [6.45, 7) is 0.722. The van der Waals surface area contributed by atoms with Crippen LogP contribution < -0.4 is 5.73 Å². The van der Waals surface area contributed by atoms with E-state index in [1.807, 2.05) is 0 Å². The third-order valence-electron chi connectivity index (χ3n) is 3.62. The molecule has 0 aromatic heterocycles. The Morgan fingerprint density at radius 2 is 2.06 bits per heavy atom. The molecule has 2 unspecified atom stereocenters. The molecule has 1 aliphatic carbocycles. The van der Waals surface area contributed by atoms with Crippen LogP contribution in [0.25, 0.3) is 0 Å². The zero-order chi connectivity index (χ0) is 11.5. The molecule has 0 aliphatic heterocycles. The van der Waals surface area contributed by atoms with Gasteiger partial charge in [0.1, 0.15) is 5.82 Å². The van der Waals surface area contributed by atoms with Gasteiger partial charge < -0.3 is 5.73 Å². The summed E-state index contributed by atoms with van der Waals surface area (Å²) in [4.78, 5) is 0. The summed E-state index contributed by atoms with van der Waals surface area (Å²) in [5, 5.41) is 0.461. The minimum atomic E-state index is -0.185. The molecule has 2 atom stereocenters. The summed E-state index contributed by atoms with van der Waals surface area (Å²) in [5.74, 6) is 0.922. The molecule has 1 fully saturated rings. The second-order valence-corrected chi connectivity index (χ2v) is 5.06. The molecule has 0 saturated heterocycles. The van der Waals surface area contributed by atoms with Gasteiger partial charge in [-0.2, -0.15) is 0 Å². The molecule has 0 radical (unpaired) electrons. The first-order valence-corrected chi connectivity index (χ1v) is 6.22. The number of rotatable bonds is 3. The lowest BCUT2D eigenvalue weighted by Crippen LogP contribution is -2.20. The molecule has 1 aromatic carbocycles. The predicted molar refractivity (Wildman–Crippen MR) is 65.0 cm³/mol. The number of nitrogens with two attached hydrogens (primary N) is 1. The van der Waals surface area contributed by atoms with E-state index in [0.717, 1.165) is 18.5 Å². The van der Waals surface area contributed by atoms with Crippen molar-refractivity contribution in [2.24, 2.45) is 17.6 Å². The van der Waals surface area contributed by atoms with Crippen molar-refractivity contribution in [2.75, 3.05) is 6.54 Å². The molecular weight excluding hydrogens is 225 g/mol. The standard InChI is InChI=1S/C13H17ClFN/c14-12-5-4-10(13(15)7-12)6-9-2-1-3-11(9)8-16/h4-5,7,9,11H,1-3,6,8,16H2. The van der Waals surface area contributed by atoms with Gasteiger partial charge in [-0.25, -0.2) is 4.39 Å². The van der Waals surface area contributed by atoms with E-state index in [0.29, 0.717) is 16.9 Å². The van der Waals surface area contributed by atoms with Crippen molar-refractivity contribution in [3.63, 3.8) is 0 Å². The van der Waals surface area contributed by atoms with Gasteiger partial charge in [-0.1, -0.05) is 24.1 Å². The highest BCUT2D eigenvalue weighted by molar-refractivity contribution is 6.30. The maximum absolute atomic E-state index is 13.6. The first kappa shape index (κ1) is 11.9. The van der Waals surface area contributed by atoms with Crippen LogP contribution in [0, 0.1) is 17.7 Å². The first-order valence-electron chi connectivity index (χ1n) is 5.84. The Balaban J connectivity index is 2.08. The summed E-state index contributed by atoms with van der Waals surface area (Å²) in [6.07, 6.45) is 4.38. The third-order valence-corrected chi connectivity index (χ3v) is 3.85. The Labute approximate surface area is 101 Å². The molecule has 0 amide bonds. The normalized spacial score (nSPS) is 24.9. The van der Waals surface area contributed by atoms with Crippen LogP contribution >= 0.6 is 11.6 Å². The van der Waals surface area contributed by atoms with E-state index in [1.54, 1.807) is 12.1 Å². The van der Waals surface area contributed by atoms with Gasteiger partial charge in [0.25, 0.3) is 0 Å². The molecule has 1 nitrogen and oxygen atoms in total. The fourth-order valence-electron chi connectivity index (χ4n) is 2.66. The Bertz CT molecular complexity index is 367. The van der Waals surface area contributed by atoms with Crippen LogP contribution in [-0.2, 0) is 6.42 Å². The zero-order valence-corrected chi connectivity index (χ0v) is 10.0. The van der Waals surface area contributed by atoms with E-state index in [9.17, 15) is 4.39 Å². The highest BCUT2D eigenvalue weighted by Gasteiger charge is 2.26. The lowest BCUT2D eigenvalue weighted by molar-refractivity contribution is 0.389. The fraction of sp³-hybridized carbons (Fsp3) is 0.538. The van der Waals surface area contributed by atoms with Gasteiger partial charge in [-0.15, -0.1) is 0 Å². The summed E-state index contributed by atoms with van der Waals surface area (Å²) >= 11 is 5.73. The molecule has 16 heavy (non-hydrogen) atoms. The molecule has 0 bridgehead atoms. The molecule has 2 rings (SSSR count).